The van der Waals surface area contributed by atoms with Crippen LogP contribution in [-0.4, -0.2) is 52.3 Å². The van der Waals surface area contributed by atoms with Gasteiger partial charge in [0.15, 0.2) is 0 Å². The Hall–Kier alpha value is -2.91. The molecule has 2 aliphatic heterocycles. The van der Waals surface area contributed by atoms with Crippen LogP contribution in [-0.2, 0) is 0 Å². The summed E-state index contributed by atoms with van der Waals surface area (Å²) in [5.74, 6) is 1.18. The van der Waals surface area contributed by atoms with Gasteiger partial charge in [-0.05, 0) is 30.3 Å². The third-order valence-corrected chi connectivity index (χ3v) is 6.86. The van der Waals surface area contributed by atoms with E-state index in [0.717, 1.165) is 34.2 Å². The molecule has 1 fully saturated rings. The van der Waals surface area contributed by atoms with E-state index in [2.05, 4.69) is 10.3 Å². The van der Waals surface area contributed by atoms with Crippen molar-refractivity contribution in [2.45, 2.75) is 0 Å². The first kappa shape index (κ1) is 18.1. The van der Waals surface area contributed by atoms with Gasteiger partial charge in [0, 0.05) is 30.3 Å². The number of anilines is 2. The predicted octanol–water partition coefficient (Wildman–Crippen LogP) is 3.68. The molecule has 0 radical (unpaired) electrons. The Morgan fingerprint density at radius 1 is 1.00 bits per heavy atom. The molecule has 4 amide bonds. The van der Waals surface area contributed by atoms with Gasteiger partial charge >= 0.3 is 6.03 Å². The van der Waals surface area contributed by atoms with Gasteiger partial charge in [0.1, 0.15) is 0 Å². The maximum absolute atomic E-state index is 12.7. The average molecular weight is 425 g/mol. The quantitative estimate of drug-likeness (QED) is 0.635. The van der Waals surface area contributed by atoms with Gasteiger partial charge in [0.2, 0.25) is 5.13 Å². The molecule has 1 saturated heterocycles. The number of fused-ring (bicyclic) bond motifs is 2. The van der Waals surface area contributed by atoms with Crippen LogP contribution in [0.4, 0.5) is 15.6 Å². The van der Waals surface area contributed by atoms with Crippen LogP contribution in [0.1, 0.15) is 20.7 Å². The Balaban J connectivity index is 1.41. The van der Waals surface area contributed by atoms with Gasteiger partial charge in [-0.3, -0.25) is 9.59 Å². The first-order valence-corrected chi connectivity index (χ1v) is 11.1. The molecule has 2 aliphatic rings. The number of aromatic nitrogens is 1. The zero-order valence-corrected chi connectivity index (χ0v) is 16.9. The molecule has 1 N–H and O–H groups in total. The smallest absolute Gasteiger partial charge is 0.321 e. The van der Waals surface area contributed by atoms with Crippen molar-refractivity contribution in [1.82, 2.24) is 9.88 Å². The van der Waals surface area contributed by atoms with Gasteiger partial charge in [-0.2, -0.15) is 11.8 Å². The summed E-state index contributed by atoms with van der Waals surface area (Å²) in [6.45, 7) is 1.48. The molecule has 0 saturated carbocycles. The lowest BCUT2D eigenvalue weighted by molar-refractivity contribution is 0.0926. The number of amides is 4. The summed E-state index contributed by atoms with van der Waals surface area (Å²) in [5.41, 5.74) is 2.13. The third-order valence-electron chi connectivity index (χ3n) is 4.91. The molecule has 146 valence electrons. The largest absolute Gasteiger partial charge is 0.323 e. The van der Waals surface area contributed by atoms with Crippen LogP contribution in [0.5, 0.6) is 0 Å². The van der Waals surface area contributed by atoms with Crippen LogP contribution in [0.25, 0.3) is 10.2 Å². The Morgan fingerprint density at radius 3 is 2.38 bits per heavy atom. The number of imide groups is 1. The lowest BCUT2D eigenvalue weighted by Gasteiger charge is -2.26. The molecular formula is C20H16N4O3S2. The lowest BCUT2D eigenvalue weighted by atomic mass is 10.1. The van der Waals surface area contributed by atoms with E-state index < -0.39 is 0 Å². The second-order valence-electron chi connectivity index (χ2n) is 6.70. The number of thioether (sulfide) groups is 1. The van der Waals surface area contributed by atoms with E-state index in [9.17, 15) is 14.4 Å². The summed E-state index contributed by atoms with van der Waals surface area (Å²) in [7, 11) is 0. The summed E-state index contributed by atoms with van der Waals surface area (Å²) < 4.78 is 0.795. The number of urea groups is 1. The fourth-order valence-electron chi connectivity index (χ4n) is 3.42. The zero-order valence-electron chi connectivity index (χ0n) is 15.3. The van der Waals surface area contributed by atoms with Crippen LogP contribution < -0.4 is 10.2 Å². The van der Waals surface area contributed by atoms with Crippen molar-refractivity contribution in [3.63, 3.8) is 0 Å². The minimum atomic E-state index is -0.360. The molecule has 0 unspecified atom stereocenters. The molecular weight excluding hydrogens is 408 g/mol. The fraction of sp³-hybridized carbons (Fsp3) is 0.200. The van der Waals surface area contributed by atoms with Gasteiger partial charge in [-0.25, -0.2) is 14.7 Å². The van der Waals surface area contributed by atoms with E-state index in [1.54, 1.807) is 41.3 Å². The second-order valence-corrected chi connectivity index (χ2v) is 8.93. The molecule has 7 nitrogen and oxygen atoms in total. The van der Waals surface area contributed by atoms with Gasteiger partial charge in [0.25, 0.3) is 11.8 Å². The van der Waals surface area contributed by atoms with Crippen molar-refractivity contribution >= 4 is 62.0 Å². The molecule has 2 aromatic carbocycles. The minimum Gasteiger partial charge on any atom is -0.323 e. The molecule has 0 aliphatic carbocycles. The van der Waals surface area contributed by atoms with Gasteiger partial charge < -0.3 is 10.2 Å². The van der Waals surface area contributed by atoms with Crippen molar-refractivity contribution in [2.24, 2.45) is 0 Å². The summed E-state index contributed by atoms with van der Waals surface area (Å²) in [6.07, 6.45) is 0. The highest BCUT2D eigenvalue weighted by Crippen LogP contribution is 2.35. The van der Waals surface area contributed by atoms with Crippen molar-refractivity contribution in [3.05, 3.63) is 53.6 Å². The standard InChI is InChI=1S/C20H16N4O3S2/c25-17-13-3-1-2-4-14(13)18(26)24(17)20-22-15-6-5-12(11-16(15)29-20)21-19(27)23-7-9-28-10-8-23/h1-6,11H,7-10H2,(H,21,27). The molecule has 3 heterocycles. The summed E-state index contributed by atoms with van der Waals surface area (Å²) >= 11 is 3.10. The van der Waals surface area contributed by atoms with Crippen molar-refractivity contribution in [1.29, 1.82) is 0 Å². The molecule has 3 aromatic rings. The van der Waals surface area contributed by atoms with Crippen LogP contribution in [0.2, 0.25) is 0 Å². The normalized spacial score (nSPS) is 16.4. The molecule has 29 heavy (non-hydrogen) atoms. The molecule has 1 aromatic heterocycles. The SMILES string of the molecule is O=C(Nc1ccc2nc(N3C(=O)c4ccccc4C3=O)sc2c1)N1CCSCC1. The van der Waals surface area contributed by atoms with Crippen LogP contribution >= 0.6 is 23.1 Å². The van der Waals surface area contributed by atoms with Crippen molar-refractivity contribution in [2.75, 3.05) is 34.8 Å². The molecule has 9 heteroatoms. The first-order valence-electron chi connectivity index (χ1n) is 9.14. The Kier molecular flexibility index (Phi) is 4.48. The van der Waals surface area contributed by atoms with Crippen molar-refractivity contribution in [3.8, 4) is 0 Å². The second kappa shape index (κ2) is 7.16. The zero-order chi connectivity index (χ0) is 20.0. The molecule has 5 rings (SSSR count). The Morgan fingerprint density at radius 2 is 1.69 bits per heavy atom. The number of rotatable bonds is 2. The Bertz CT molecular complexity index is 1120. The number of hydrogen-bond donors (Lipinski definition) is 1. The maximum atomic E-state index is 12.7. The maximum Gasteiger partial charge on any atom is 0.321 e. The van der Waals surface area contributed by atoms with Crippen LogP contribution in [0.3, 0.4) is 0 Å². The van der Waals surface area contributed by atoms with Crippen molar-refractivity contribution < 1.29 is 14.4 Å². The summed E-state index contributed by atoms with van der Waals surface area (Å²) in [5, 5.41) is 3.26. The first-order chi connectivity index (χ1) is 14.1. The number of carbonyl (C=O) groups excluding carboxylic acids is 3. The molecule has 0 bridgehead atoms. The number of hydrogen-bond acceptors (Lipinski definition) is 6. The van der Waals surface area contributed by atoms with Gasteiger partial charge in [-0.1, -0.05) is 23.5 Å². The fourth-order valence-corrected chi connectivity index (χ4v) is 5.32. The topological polar surface area (TPSA) is 82.6 Å². The predicted molar refractivity (Wildman–Crippen MR) is 115 cm³/mol. The highest BCUT2D eigenvalue weighted by molar-refractivity contribution is 7.99. The van der Waals surface area contributed by atoms with E-state index in [-0.39, 0.29) is 17.8 Å². The molecule has 0 spiro atoms. The summed E-state index contributed by atoms with van der Waals surface area (Å²) in [4.78, 5) is 45.2. The third kappa shape index (κ3) is 3.16. The van der Waals surface area contributed by atoms with E-state index in [1.807, 2.05) is 17.8 Å². The van der Waals surface area contributed by atoms with Gasteiger partial charge in [0.05, 0.1) is 21.3 Å². The van der Waals surface area contributed by atoms with E-state index in [4.69, 9.17) is 0 Å². The molecule has 0 atom stereocenters. The number of thiazole rings is 1. The monoisotopic (exact) mass is 424 g/mol. The number of benzene rings is 2. The number of nitrogens with one attached hydrogen (secondary N) is 1. The Labute approximate surface area is 174 Å². The van der Waals surface area contributed by atoms with E-state index in [0.29, 0.717) is 27.5 Å². The average Bonchev–Trinajstić information content (AvgIpc) is 3.27. The van der Waals surface area contributed by atoms with E-state index in [1.165, 1.54) is 11.3 Å². The highest BCUT2D eigenvalue weighted by Gasteiger charge is 2.38. The summed E-state index contributed by atoms with van der Waals surface area (Å²) in [6, 6.07) is 12.1. The van der Waals surface area contributed by atoms with Gasteiger partial charge in [-0.15, -0.1) is 0 Å². The van der Waals surface area contributed by atoms with Crippen LogP contribution in [0.15, 0.2) is 42.5 Å². The number of carbonyl (C=O) groups is 3. The highest BCUT2D eigenvalue weighted by atomic mass is 32.2. The van der Waals surface area contributed by atoms with Crippen LogP contribution in [0, 0.1) is 0 Å². The minimum absolute atomic E-state index is 0.116. The van der Waals surface area contributed by atoms with E-state index >= 15 is 0 Å². The number of nitrogens with zero attached hydrogens (tertiary/aromatic N) is 3. The lowest BCUT2D eigenvalue weighted by Crippen LogP contribution is -2.40.